The fourth-order valence-electron chi connectivity index (χ4n) is 18.8. The Bertz CT molecular complexity index is 4730. The number of phenolic OH excluding ortho intramolecular Hbond substituents is 3. The average molecular weight is 1640 g/mol. The molecular formula is C93H122FN17O9. The fraction of sp³-hybridized carbons (Fsp3) is 0.538. The molecule has 0 unspecified atom stereocenters. The molecule has 26 nitrogen and oxygen atoms in total. The van der Waals surface area contributed by atoms with Gasteiger partial charge < -0.3 is 83.4 Å². The van der Waals surface area contributed by atoms with Crippen LogP contribution in [-0.4, -0.2) is 245 Å². The summed E-state index contributed by atoms with van der Waals surface area (Å²) in [5.74, 6) is 4.26. The Labute approximate surface area is 706 Å². The maximum absolute atomic E-state index is 14.6. The van der Waals surface area contributed by atoms with Crippen LogP contribution in [0.5, 0.6) is 35.3 Å². The number of carbonyl (C=O) groups is 3. The minimum absolute atomic E-state index is 0.0191. The summed E-state index contributed by atoms with van der Waals surface area (Å²) < 4.78 is 33.1. The summed E-state index contributed by atoms with van der Waals surface area (Å²) in [6.07, 6.45) is 27.4. The molecule has 0 spiro atoms. The van der Waals surface area contributed by atoms with Gasteiger partial charge in [-0.1, -0.05) is 88.4 Å². The Morgan fingerprint density at radius 3 is 1.34 bits per heavy atom. The molecule has 4 aromatic carbocycles. The summed E-state index contributed by atoms with van der Waals surface area (Å²) in [5, 5.41) is 33.1. The van der Waals surface area contributed by atoms with Crippen molar-refractivity contribution in [1.29, 1.82) is 0 Å². The Hall–Kier alpha value is -10.5. The Balaban J connectivity index is 0.000000140. The number of aromatic hydroxyl groups is 3. The van der Waals surface area contributed by atoms with E-state index < -0.39 is 0 Å². The molecule has 27 heteroatoms. The first-order chi connectivity index (χ1) is 58.6. The second-order valence-electron chi connectivity index (χ2n) is 33.9. The lowest BCUT2D eigenvalue weighted by Crippen LogP contribution is -2.49. The molecule has 2 aliphatic carbocycles. The second-order valence-corrected chi connectivity index (χ2v) is 33.9. The number of piperazine rings is 3. The molecule has 120 heavy (non-hydrogen) atoms. The summed E-state index contributed by atoms with van der Waals surface area (Å²) in [6.45, 7) is 33.2. The topological polar surface area (TPSA) is 253 Å². The van der Waals surface area contributed by atoms with Crippen molar-refractivity contribution < 1.29 is 48.3 Å². The molecular weight excluding hydrogens is 1520 g/mol. The summed E-state index contributed by atoms with van der Waals surface area (Å²) in [4.78, 5) is 89.5. The minimum Gasteiger partial charge on any atom is -0.508 e. The first kappa shape index (κ1) is 84.5. The normalized spacial score (nSPS) is 18.6. The van der Waals surface area contributed by atoms with Crippen molar-refractivity contribution in [2.24, 2.45) is 5.92 Å². The Kier molecular flexibility index (Phi) is 28.3. The zero-order valence-electron chi connectivity index (χ0n) is 70.4. The molecule has 0 radical (unpaired) electrons. The third-order valence-electron chi connectivity index (χ3n) is 25.6. The Morgan fingerprint density at radius 1 is 0.433 bits per heavy atom. The van der Waals surface area contributed by atoms with Crippen molar-refractivity contribution in [3.05, 3.63) is 155 Å². The number of rotatable bonds is 25. The molecule has 7 fully saturated rings. The molecule has 11 heterocycles. The molecule has 2 saturated carbocycles. The molecule has 8 aliphatic heterocycles. The highest BCUT2D eigenvalue weighted by atomic mass is 19.1. The molecule has 3 amide bonds. The van der Waals surface area contributed by atoms with Crippen LogP contribution in [0, 0.1) is 18.7 Å². The number of halogens is 1. The number of likely N-dealkylation sites (tertiary alicyclic amines) is 2. The number of nitrogens with zero attached hydrogens (tertiary/aromatic N) is 17. The van der Waals surface area contributed by atoms with Gasteiger partial charge in [-0.2, -0.15) is 29.9 Å². The maximum atomic E-state index is 14.6. The van der Waals surface area contributed by atoms with Gasteiger partial charge in [-0.3, -0.25) is 14.4 Å². The van der Waals surface area contributed by atoms with Crippen LogP contribution in [0.4, 0.5) is 38.9 Å². The van der Waals surface area contributed by atoms with Crippen molar-refractivity contribution in [1.82, 2.24) is 54.4 Å². The predicted molar refractivity (Wildman–Crippen MR) is 468 cm³/mol. The first-order valence-electron chi connectivity index (χ1n) is 44.4. The lowest BCUT2D eigenvalue weighted by Gasteiger charge is -2.38. The summed E-state index contributed by atoms with van der Waals surface area (Å²) in [7, 11) is 0. The van der Waals surface area contributed by atoms with E-state index in [0.29, 0.717) is 153 Å². The third-order valence-corrected chi connectivity index (χ3v) is 25.6. The second kappa shape index (κ2) is 40.2. The van der Waals surface area contributed by atoms with Gasteiger partial charge in [0.2, 0.25) is 17.7 Å². The van der Waals surface area contributed by atoms with Gasteiger partial charge in [0.15, 0.2) is 0 Å². The number of fused-ring (bicyclic) bond motifs is 4. The first-order valence-corrected chi connectivity index (χ1v) is 44.4. The van der Waals surface area contributed by atoms with Crippen molar-refractivity contribution >= 4 is 63.0 Å². The van der Waals surface area contributed by atoms with Crippen molar-refractivity contribution in [2.75, 3.05) is 187 Å². The molecule has 0 atom stereocenters. The number of hydrogen-bond donors (Lipinski definition) is 3. The molecule has 640 valence electrons. The summed E-state index contributed by atoms with van der Waals surface area (Å²) in [6, 6.07) is 21.4. The fourth-order valence-corrected chi connectivity index (χ4v) is 18.8. The van der Waals surface area contributed by atoms with Crippen LogP contribution in [0.25, 0.3) is 10.8 Å². The number of ether oxygens (including phenoxy) is 3. The largest absolute Gasteiger partial charge is 0.508 e. The lowest BCUT2D eigenvalue weighted by atomic mass is 9.86. The smallest absolute Gasteiger partial charge is 0.318 e. The SMILES string of the molecule is C=CC(=O)N1CCN(c2nc(OCCCC3CCCCC3)nc3c2CCN(c2cc(O)cc4cc(C)ccc24)C3)CC1.C=CC(=O)N1CCN(c2nc(OCCCN3CCCCC3)nc3c2CCN(c2cc(O)cc(C4CC4)c2)C3)CC1.C=CC(=O)N1CCN(c2nc(OCCCN3CCCCC3)nc3c2CCN(c2cc(O)ccc2F)C3)CC1. The predicted octanol–water partition coefficient (Wildman–Crippen LogP) is 12.5. The quantitative estimate of drug-likeness (QED) is 0.0355. The molecule has 10 aliphatic rings. The summed E-state index contributed by atoms with van der Waals surface area (Å²) in [5.41, 5.74) is 10.9. The minimum atomic E-state index is -0.377. The van der Waals surface area contributed by atoms with Crippen LogP contribution in [0.15, 0.2) is 105 Å². The van der Waals surface area contributed by atoms with Gasteiger partial charge in [-0.15, -0.1) is 0 Å². The van der Waals surface area contributed by atoms with E-state index in [-0.39, 0.29) is 35.0 Å². The van der Waals surface area contributed by atoms with Crippen LogP contribution in [-0.2, 0) is 53.3 Å². The number of phenols is 3. The van der Waals surface area contributed by atoms with E-state index in [1.165, 1.54) is 156 Å². The lowest BCUT2D eigenvalue weighted by molar-refractivity contribution is -0.127. The van der Waals surface area contributed by atoms with Crippen molar-refractivity contribution in [3.63, 3.8) is 0 Å². The van der Waals surface area contributed by atoms with E-state index in [1.807, 2.05) is 39.0 Å². The van der Waals surface area contributed by atoms with Gasteiger partial charge in [0.25, 0.3) is 0 Å². The number of benzene rings is 4. The maximum Gasteiger partial charge on any atom is 0.318 e. The number of carbonyl (C=O) groups excluding carboxylic acids is 3. The monoisotopic (exact) mass is 1640 g/mol. The van der Waals surface area contributed by atoms with Gasteiger partial charge in [-0.05, 0) is 188 Å². The average Bonchev–Trinajstić information content (AvgIpc) is 1.19. The standard InChI is InChI=1S/C34H43N5O3.C31H42N6O3.C28H37FN6O3/c1-3-32(41)37-15-17-38(18-16-37)33-29-13-14-39(31-22-27(40)21-26-20-24(2)11-12-28(26)31)23-30(29)35-34(36-33)42-19-7-10-25-8-5-4-6-9-25;1-2-29(39)35-14-16-36(17-15-35)30-27-9-13-37(25-19-24(23-7-8-23)20-26(38)21-25)22-28(27)32-31(33-30)40-18-6-12-34-10-4-3-5-11-34;1-2-26(37)33-14-16-34(17-15-33)27-22-9-13-35(25-19-21(36)7-8-23(25)29)20-24(22)30-28(31-27)38-18-6-12-32-10-4-3-5-11-32/h3,11-12,20-22,25,40H,1,4-10,13-19,23H2,2H3;2,19-21,23,38H,1,3-18,22H2;2,7-8,19,36H,1,3-6,9-18,20H2. The number of anilines is 6. The van der Waals surface area contributed by atoms with Crippen LogP contribution < -0.4 is 43.6 Å². The van der Waals surface area contributed by atoms with E-state index in [0.717, 1.165) is 158 Å². The van der Waals surface area contributed by atoms with Gasteiger partial charge in [0.05, 0.1) is 62.2 Å². The number of hydrogen-bond acceptors (Lipinski definition) is 23. The highest BCUT2D eigenvalue weighted by Crippen LogP contribution is 2.44. The summed E-state index contributed by atoms with van der Waals surface area (Å²) >= 11 is 0. The van der Waals surface area contributed by atoms with Crippen molar-refractivity contribution in [3.8, 4) is 35.3 Å². The molecule has 3 N–H and O–H groups in total. The van der Waals surface area contributed by atoms with Crippen LogP contribution in [0.2, 0.25) is 0 Å². The van der Waals surface area contributed by atoms with E-state index in [2.05, 4.69) is 85.2 Å². The van der Waals surface area contributed by atoms with E-state index in [4.69, 9.17) is 44.1 Å². The molecule has 7 aromatic rings. The van der Waals surface area contributed by atoms with E-state index in [1.54, 1.807) is 4.90 Å². The van der Waals surface area contributed by atoms with Gasteiger partial charge in [0.1, 0.15) is 40.5 Å². The molecule has 0 bridgehead atoms. The number of aromatic nitrogens is 6. The number of piperidine rings is 2. The highest BCUT2D eigenvalue weighted by molar-refractivity contribution is 5.96. The van der Waals surface area contributed by atoms with Crippen molar-refractivity contribution in [2.45, 2.75) is 161 Å². The zero-order chi connectivity index (χ0) is 83.0. The molecule has 3 aromatic heterocycles. The van der Waals surface area contributed by atoms with Gasteiger partial charge >= 0.3 is 18.0 Å². The van der Waals surface area contributed by atoms with Crippen LogP contribution >= 0.6 is 0 Å². The van der Waals surface area contributed by atoms with E-state index >= 15 is 0 Å². The zero-order valence-corrected chi connectivity index (χ0v) is 70.4. The van der Waals surface area contributed by atoms with Gasteiger partial charge in [0, 0.05) is 163 Å². The molecule has 17 rings (SSSR count). The number of aryl methyl sites for hydroxylation is 1. The Morgan fingerprint density at radius 2 is 0.867 bits per heavy atom. The van der Waals surface area contributed by atoms with E-state index in [9.17, 15) is 34.1 Å². The number of amides is 3. The van der Waals surface area contributed by atoms with Crippen LogP contribution in [0.1, 0.15) is 160 Å². The van der Waals surface area contributed by atoms with Crippen LogP contribution in [0.3, 0.4) is 0 Å². The third kappa shape index (κ3) is 21.4. The van der Waals surface area contributed by atoms with Gasteiger partial charge in [-0.25, -0.2) is 4.39 Å². The highest BCUT2D eigenvalue weighted by Gasteiger charge is 2.35. The molecule has 5 saturated heterocycles.